The molecule has 6 heteroatoms. The van der Waals surface area contributed by atoms with Gasteiger partial charge in [0.05, 0.1) is 18.4 Å². The molecule has 26 heavy (non-hydrogen) atoms. The number of hydrogen-bond donors (Lipinski definition) is 2. The zero-order valence-corrected chi connectivity index (χ0v) is 14.9. The average molecular weight is 348 g/mol. The van der Waals surface area contributed by atoms with Crippen molar-refractivity contribution in [1.29, 1.82) is 0 Å². The van der Waals surface area contributed by atoms with Gasteiger partial charge in [0, 0.05) is 17.4 Å². The fourth-order valence-electron chi connectivity index (χ4n) is 2.56. The van der Waals surface area contributed by atoms with Crippen molar-refractivity contribution in [3.05, 3.63) is 71.4 Å². The molecule has 132 valence electrons. The number of carbonyl (C=O) groups is 1. The van der Waals surface area contributed by atoms with Crippen molar-refractivity contribution in [3.8, 4) is 0 Å². The third-order valence-electron chi connectivity index (χ3n) is 3.72. The number of esters is 1. The molecule has 2 aromatic carbocycles. The van der Waals surface area contributed by atoms with Crippen molar-refractivity contribution in [1.82, 2.24) is 9.97 Å². The van der Waals surface area contributed by atoms with E-state index in [0.29, 0.717) is 23.0 Å². The van der Waals surface area contributed by atoms with E-state index < -0.39 is 5.97 Å². The Labute approximate surface area is 152 Å². The molecular formula is C20H20N4O2. The lowest BCUT2D eigenvalue weighted by atomic mass is 10.2. The van der Waals surface area contributed by atoms with E-state index in [1.165, 1.54) is 7.11 Å². The van der Waals surface area contributed by atoms with Gasteiger partial charge in [-0.05, 0) is 43.7 Å². The number of ether oxygens (including phenoxy) is 1. The fraction of sp³-hybridized carbons (Fsp3) is 0.150. The molecular weight excluding hydrogens is 328 g/mol. The Hall–Kier alpha value is -3.41. The molecule has 0 radical (unpaired) electrons. The molecule has 0 saturated heterocycles. The van der Waals surface area contributed by atoms with Crippen LogP contribution in [0.3, 0.4) is 0 Å². The molecule has 0 aliphatic rings. The number of nitrogens with one attached hydrogen (secondary N) is 2. The first-order valence-electron chi connectivity index (χ1n) is 8.19. The number of rotatable bonds is 5. The molecule has 0 amide bonds. The summed E-state index contributed by atoms with van der Waals surface area (Å²) in [6.07, 6.45) is 0. The van der Waals surface area contributed by atoms with Crippen molar-refractivity contribution in [2.75, 3.05) is 17.7 Å². The van der Waals surface area contributed by atoms with Crippen LogP contribution >= 0.6 is 0 Å². The van der Waals surface area contributed by atoms with Crippen molar-refractivity contribution >= 4 is 29.1 Å². The first-order valence-corrected chi connectivity index (χ1v) is 8.19. The van der Waals surface area contributed by atoms with Gasteiger partial charge in [0.1, 0.15) is 5.82 Å². The van der Waals surface area contributed by atoms with Gasteiger partial charge in [-0.1, -0.05) is 24.3 Å². The van der Waals surface area contributed by atoms with Crippen LogP contribution in [0.5, 0.6) is 0 Å². The lowest BCUT2D eigenvalue weighted by Crippen LogP contribution is -2.08. The summed E-state index contributed by atoms with van der Waals surface area (Å²) >= 11 is 0. The van der Waals surface area contributed by atoms with Crippen LogP contribution in [0.2, 0.25) is 0 Å². The Balaban J connectivity index is 1.88. The van der Waals surface area contributed by atoms with E-state index in [2.05, 4.69) is 20.6 Å². The Morgan fingerprint density at radius 3 is 2.54 bits per heavy atom. The van der Waals surface area contributed by atoms with E-state index in [-0.39, 0.29) is 0 Å². The van der Waals surface area contributed by atoms with E-state index in [4.69, 9.17) is 4.74 Å². The monoisotopic (exact) mass is 348 g/mol. The Kier molecular flexibility index (Phi) is 5.12. The Morgan fingerprint density at radius 2 is 1.77 bits per heavy atom. The molecule has 0 aliphatic heterocycles. The molecule has 1 heterocycles. The second-order valence-corrected chi connectivity index (χ2v) is 5.87. The van der Waals surface area contributed by atoms with E-state index >= 15 is 0 Å². The minimum Gasteiger partial charge on any atom is -0.465 e. The molecule has 0 spiro atoms. The number of hydrogen-bond acceptors (Lipinski definition) is 6. The molecule has 0 unspecified atom stereocenters. The fourth-order valence-corrected chi connectivity index (χ4v) is 2.56. The van der Waals surface area contributed by atoms with Gasteiger partial charge in [0.2, 0.25) is 5.95 Å². The van der Waals surface area contributed by atoms with Gasteiger partial charge in [-0.25, -0.2) is 9.78 Å². The number of anilines is 4. The van der Waals surface area contributed by atoms with Crippen LogP contribution in [0.1, 0.15) is 21.6 Å². The topological polar surface area (TPSA) is 76.1 Å². The van der Waals surface area contributed by atoms with E-state index in [9.17, 15) is 4.79 Å². The van der Waals surface area contributed by atoms with Gasteiger partial charge >= 0.3 is 5.97 Å². The van der Waals surface area contributed by atoms with Gasteiger partial charge in [-0.3, -0.25) is 0 Å². The summed E-state index contributed by atoms with van der Waals surface area (Å²) in [6.45, 7) is 3.92. The Bertz CT molecular complexity index is 941. The minimum absolute atomic E-state index is 0.400. The lowest BCUT2D eigenvalue weighted by Gasteiger charge is -2.12. The summed E-state index contributed by atoms with van der Waals surface area (Å²) in [4.78, 5) is 20.8. The lowest BCUT2D eigenvalue weighted by molar-refractivity contribution is 0.0602. The average Bonchev–Trinajstić information content (AvgIpc) is 2.61. The highest BCUT2D eigenvalue weighted by molar-refractivity contribution is 5.96. The SMILES string of the molecule is COC(=O)c1ccccc1Nc1nc(C)cc(Nc2cccc(C)c2)n1. The van der Waals surface area contributed by atoms with Crippen LogP contribution in [-0.4, -0.2) is 23.0 Å². The zero-order chi connectivity index (χ0) is 18.5. The number of aromatic nitrogens is 2. The van der Waals surface area contributed by atoms with Crippen molar-refractivity contribution < 1.29 is 9.53 Å². The third kappa shape index (κ3) is 4.16. The maximum Gasteiger partial charge on any atom is 0.339 e. The van der Waals surface area contributed by atoms with Gasteiger partial charge in [-0.2, -0.15) is 4.98 Å². The molecule has 3 rings (SSSR count). The molecule has 0 saturated carbocycles. The Morgan fingerprint density at radius 1 is 0.962 bits per heavy atom. The van der Waals surface area contributed by atoms with Gasteiger partial charge < -0.3 is 15.4 Å². The van der Waals surface area contributed by atoms with Gasteiger partial charge in [0.25, 0.3) is 0 Å². The van der Waals surface area contributed by atoms with Crippen LogP contribution in [0.25, 0.3) is 0 Å². The van der Waals surface area contributed by atoms with Crippen LogP contribution in [0.4, 0.5) is 23.1 Å². The summed E-state index contributed by atoms with van der Waals surface area (Å²) in [7, 11) is 1.35. The summed E-state index contributed by atoms with van der Waals surface area (Å²) in [5.74, 6) is 0.650. The summed E-state index contributed by atoms with van der Waals surface area (Å²) < 4.78 is 4.82. The normalized spacial score (nSPS) is 10.3. The summed E-state index contributed by atoms with van der Waals surface area (Å²) in [5.41, 5.74) is 3.92. The molecule has 1 aromatic heterocycles. The number of carbonyl (C=O) groups excluding carboxylic acids is 1. The highest BCUT2D eigenvalue weighted by atomic mass is 16.5. The largest absolute Gasteiger partial charge is 0.465 e. The third-order valence-corrected chi connectivity index (χ3v) is 3.72. The molecule has 0 aliphatic carbocycles. The molecule has 2 N–H and O–H groups in total. The van der Waals surface area contributed by atoms with Crippen LogP contribution < -0.4 is 10.6 Å². The maximum atomic E-state index is 11.9. The molecule has 3 aromatic rings. The standard InChI is InChI=1S/C20H20N4O2/c1-13-7-6-8-15(11-13)22-18-12-14(2)21-20(24-18)23-17-10-5-4-9-16(17)19(25)26-3/h4-12H,1-3H3,(H2,21,22,23,24). The number of methoxy groups -OCH3 is 1. The zero-order valence-electron chi connectivity index (χ0n) is 14.9. The second kappa shape index (κ2) is 7.65. The highest BCUT2D eigenvalue weighted by Crippen LogP contribution is 2.22. The van der Waals surface area contributed by atoms with E-state index in [1.54, 1.807) is 18.2 Å². The van der Waals surface area contributed by atoms with Crippen LogP contribution in [0, 0.1) is 13.8 Å². The number of benzene rings is 2. The van der Waals surface area contributed by atoms with Crippen molar-refractivity contribution in [2.24, 2.45) is 0 Å². The number of para-hydroxylation sites is 1. The van der Waals surface area contributed by atoms with Gasteiger partial charge in [0.15, 0.2) is 0 Å². The van der Waals surface area contributed by atoms with Crippen molar-refractivity contribution in [3.63, 3.8) is 0 Å². The van der Waals surface area contributed by atoms with E-state index in [1.807, 2.05) is 50.2 Å². The molecule has 0 bridgehead atoms. The van der Waals surface area contributed by atoms with Crippen molar-refractivity contribution in [2.45, 2.75) is 13.8 Å². The number of nitrogens with zero attached hydrogens (tertiary/aromatic N) is 2. The first kappa shape index (κ1) is 17.4. The molecule has 6 nitrogen and oxygen atoms in total. The van der Waals surface area contributed by atoms with Crippen LogP contribution in [0.15, 0.2) is 54.6 Å². The quantitative estimate of drug-likeness (QED) is 0.667. The predicted molar refractivity (Wildman–Crippen MR) is 102 cm³/mol. The second-order valence-electron chi connectivity index (χ2n) is 5.87. The predicted octanol–water partition coefficient (Wildman–Crippen LogP) is 4.37. The van der Waals surface area contributed by atoms with Crippen LogP contribution in [-0.2, 0) is 4.74 Å². The van der Waals surface area contributed by atoms with Gasteiger partial charge in [-0.15, -0.1) is 0 Å². The first-order chi connectivity index (χ1) is 12.5. The summed E-state index contributed by atoms with van der Waals surface area (Å²) in [5, 5.41) is 6.38. The maximum absolute atomic E-state index is 11.9. The smallest absolute Gasteiger partial charge is 0.339 e. The summed E-state index contributed by atoms with van der Waals surface area (Å²) in [6, 6.07) is 17.0. The molecule has 0 fully saturated rings. The highest BCUT2D eigenvalue weighted by Gasteiger charge is 2.12. The number of aryl methyl sites for hydroxylation is 2. The molecule has 0 atom stereocenters. The van der Waals surface area contributed by atoms with E-state index in [0.717, 1.165) is 16.9 Å². The minimum atomic E-state index is -0.418.